The van der Waals surface area contributed by atoms with Gasteiger partial charge >= 0.3 is 8.25 Å². The van der Waals surface area contributed by atoms with Crippen molar-refractivity contribution < 1.29 is 23.2 Å². The van der Waals surface area contributed by atoms with Crippen LogP contribution in [0.2, 0.25) is 0 Å². The van der Waals surface area contributed by atoms with Gasteiger partial charge in [0.05, 0.1) is 0 Å². The van der Waals surface area contributed by atoms with Gasteiger partial charge in [-0.2, -0.15) is 0 Å². The van der Waals surface area contributed by atoms with E-state index < -0.39 is 21.5 Å². The Balaban J connectivity index is 1.97. The molecule has 0 heterocycles. The molecule has 42 heavy (non-hydrogen) atoms. The molecule has 2 aromatic rings. The summed E-state index contributed by atoms with van der Waals surface area (Å²) in [7, 11) is -2.62. The van der Waals surface area contributed by atoms with Crippen molar-refractivity contribution in [2.45, 2.75) is 105 Å². The second-order valence-electron chi connectivity index (χ2n) is 15.1. The van der Waals surface area contributed by atoms with Gasteiger partial charge in [0.25, 0.3) is 0 Å². The minimum absolute atomic E-state index is 0.0366. The number of carbonyl (C=O) groups is 2. The van der Waals surface area contributed by atoms with Gasteiger partial charge < -0.3 is 0 Å². The van der Waals surface area contributed by atoms with Crippen LogP contribution < -0.4 is 0 Å². The molecule has 2 rings (SSSR count). The van der Waals surface area contributed by atoms with Crippen molar-refractivity contribution in [3.05, 3.63) is 81.9 Å². The lowest BCUT2D eigenvalue weighted by Gasteiger charge is -2.25. The van der Waals surface area contributed by atoms with Crippen LogP contribution in [0.15, 0.2) is 48.6 Å². The average molecular weight is 594 g/mol. The minimum atomic E-state index is -2.62. The molecule has 6 heteroatoms. The summed E-state index contributed by atoms with van der Waals surface area (Å²) in [4.78, 5) is 24.8. The molecule has 0 atom stereocenters. The second kappa shape index (κ2) is 13.7. The molecule has 228 valence electrons. The fraction of sp³-hybridized carbons (Fsp3) is 0.500. The van der Waals surface area contributed by atoms with Crippen molar-refractivity contribution in [3.63, 3.8) is 0 Å². The largest absolute Gasteiger partial charge is 0.698 e. The first-order valence-electron chi connectivity index (χ1n) is 14.5. The van der Waals surface area contributed by atoms with Gasteiger partial charge in [-0.1, -0.05) is 132 Å². The van der Waals surface area contributed by atoms with Crippen LogP contribution in [-0.4, -0.2) is 24.8 Å². The molecule has 0 aromatic heterocycles. The summed E-state index contributed by atoms with van der Waals surface area (Å²) in [6.07, 6.45) is 6.34. The number of hydrogen-bond acceptors (Lipinski definition) is 5. The van der Waals surface area contributed by atoms with Crippen LogP contribution in [0.1, 0.15) is 116 Å². The summed E-state index contributed by atoms with van der Waals surface area (Å²) in [5.41, 5.74) is 6.43. The zero-order valence-corrected chi connectivity index (χ0v) is 28.6. The van der Waals surface area contributed by atoms with Crippen molar-refractivity contribution in [3.8, 4) is 0 Å². The molecule has 0 saturated heterocycles. The van der Waals surface area contributed by atoms with Crippen LogP contribution in [0, 0.1) is 0 Å². The molecule has 0 bridgehead atoms. The molecular formula is C36H50O5P+. The van der Waals surface area contributed by atoms with Gasteiger partial charge in [0, 0.05) is 4.57 Å². The molecule has 0 N–H and O–H groups in total. The van der Waals surface area contributed by atoms with Crippen LogP contribution in [0.25, 0.3) is 12.2 Å². The van der Waals surface area contributed by atoms with E-state index in [0.717, 1.165) is 11.1 Å². The van der Waals surface area contributed by atoms with Crippen molar-refractivity contribution in [1.82, 2.24) is 0 Å². The zero-order valence-electron chi connectivity index (χ0n) is 27.7. The van der Waals surface area contributed by atoms with Gasteiger partial charge in [0.15, 0.2) is 24.8 Å². The molecule has 2 aromatic carbocycles. The first-order chi connectivity index (χ1) is 19.1. The van der Waals surface area contributed by atoms with E-state index in [4.69, 9.17) is 9.05 Å². The number of rotatable bonds is 10. The van der Waals surface area contributed by atoms with Gasteiger partial charge in [-0.3, -0.25) is 9.59 Å². The third-order valence-electron chi connectivity index (χ3n) is 6.92. The molecule has 5 nitrogen and oxygen atoms in total. The Morgan fingerprint density at radius 1 is 0.548 bits per heavy atom. The van der Waals surface area contributed by atoms with Gasteiger partial charge in [-0.25, -0.2) is 0 Å². The predicted molar refractivity (Wildman–Crippen MR) is 175 cm³/mol. The number of ketones is 2. The quantitative estimate of drug-likeness (QED) is 0.203. The SMILES string of the molecule is CC(C)(C)c1cc(C=CC(=O)CO[P+](=O)OCC(=O)C=Cc2cc(C(C)(C)C)cc(C(C)(C)C)c2)cc(C(C)(C)C)c1. The first-order valence-corrected chi connectivity index (χ1v) is 15.6. The highest BCUT2D eigenvalue weighted by molar-refractivity contribution is 7.33. The van der Waals surface area contributed by atoms with Crippen LogP contribution in [0.3, 0.4) is 0 Å². The van der Waals surface area contributed by atoms with E-state index in [-0.39, 0.29) is 33.2 Å². The number of hydrogen-bond donors (Lipinski definition) is 0. The van der Waals surface area contributed by atoms with Crippen LogP contribution >= 0.6 is 8.25 Å². The van der Waals surface area contributed by atoms with E-state index in [0.29, 0.717) is 0 Å². The molecule has 0 amide bonds. The Kier molecular flexibility index (Phi) is 11.6. The number of carbonyl (C=O) groups excluding carboxylic acids is 2. The van der Waals surface area contributed by atoms with Gasteiger partial charge in [0.1, 0.15) is 0 Å². The summed E-state index contributed by atoms with van der Waals surface area (Å²) in [6.45, 7) is 25.1. The normalized spacial score (nSPS) is 13.7. The van der Waals surface area contributed by atoms with Gasteiger partial charge in [-0.05, 0) is 67.2 Å². The summed E-state index contributed by atoms with van der Waals surface area (Å²) in [5.74, 6) is -0.694. The summed E-state index contributed by atoms with van der Waals surface area (Å²) in [5, 5.41) is 0. The van der Waals surface area contributed by atoms with Gasteiger partial charge in [-0.15, -0.1) is 9.05 Å². The average Bonchev–Trinajstić information content (AvgIpc) is 2.85. The lowest BCUT2D eigenvalue weighted by molar-refractivity contribution is -0.116. The molecule has 0 aliphatic rings. The molecule has 0 aliphatic carbocycles. The highest BCUT2D eigenvalue weighted by Crippen LogP contribution is 2.32. The first kappa shape index (κ1) is 35.5. The molecule has 0 saturated carbocycles. The zero-order chi connectivity index (χ0) is 32.1. The molecule has 0 fully saturated rings. The lowest BCUT2D eigenvalue weighted by atomic mass is 9.79. The van der Waals surface area contributed by atoms with E-state index in [9.17, 15) is 14.2 Å². The summed E-state index contributed by atoms with van der Waals surface area (Å²) in [6, 6.07) is 12.7. The van der Waals surface area contributed by atoms with Gasteiger partial charge in [0.2, 0.25) is 0 Å². The minimum Gasteiger partial charge on any atom is -0.292 e. The fourth-order valence-corrected chi connectivity index (χ4v) is 4.51. The fourth-order valence-electron chi connectivity index (χ4n) is 3.97. The third kappa shape index (κ3) is 11.5. The Hall–Kier alpha value is -2.72. The van der Waals surface area contributed by atoms with Crippen molar-refractivity contribution in [1.29, 1.82) is 0 Å². The van der Waals surface area contributed by atoms with Crippen LogP contribution in [-0.2, 0) is 44.9 Å². The predicted octanol–water partition coefficient (Wildman–Crippen LogP) is 9.43. The smallest absolute Gasteiger partial charge is 0.292 e. The highest BCUT2D eigenvalue weighted by atomic mass is 31.1. The molecule has 0 radical (unpaired) electrons. The Bertz CT molecular complexity index is 1190. The van der Waals surface area contributed by atoms with E-state index >= 15 is 0 Å². The lowest BCUT2D eigenvalue weighted by Crippen LogP contribution is -2.16. The highest BCUT2D eigenvalue weighted by Gasteiger charge is 2.24. The van der Waals surface area contributed by atoms with E-state index in [1.54, 1.807) is 12.2 Å². The number of benzene rings is 2. The van der Waals surface area contributed by atoms with E-state index in [1.807, 2.05) is 0 Å². The topological polar surface area (TPSA) is 69.7 Å². The molecule has 0 spiro atoms. The summed E-state index contributed by atoms with van der Waals surface area (Å²) < 4.78 is 22.3. The maximum absolute atomic E-state index is 12.4. The molecular weight excluding hydrogens is 543 g/mol. The van der Waals surface area contributed by atoms with Crippen molar-refractivity contribution in [2.24, 2.45) is 0 Å². The van der Waals surface area contributed by atoms with Crippen LogP contribution in [0.4, 0.5) is 0 Å². The van der Waals surface area contributed by atoms with Crippen molar-refractivity contribution in [2.75, 3.05) is 13.2 Å². The third-order valence-corrected chi connectivity index (χ3v) is 7.60. The molecule has 0 aliphatic heterocycles. The molecule has 0 unspecified atom stereocenters. The standard InChI is InChI=1S/C36H50O5P/c1-33(2,3)27-17-25(18-28(21-27)34(4,5)6)13-15-31(37)23-40-42(39)41-24-32(38)16-14-26-19-29(35(7,8)9)22-30(20-26)36(10,11)12/h13-22H,23-24H2,1-12H3/q+1. The van der Waals surface area contributed by atoms with Crippen molar-refractivity contribution >= 4 is 32.0 Å². The Morgan fingerprint density at radius 2 is 0.810 bits per heavy atom. The summed E-state index contributed by atoms with van der Waals surface area (Å²) >= 11 is 0. The second-order valence-corrected chi connectivity index (χ2v) is 16.0. The maximum atomic E-state index is 12.4. The van der Waals surface area contributed by atoms with E-state index in [2.05, 4.69) is 119 Å². The maximum Gasteiger partial charge on any atom is 0.698 e. The van der Waals surface area contributed by atoms with E-state index in [1.165, 1.54) is 34.4 Å². The monoisotopic (exact) mass is 593 g/mol. The Morgan fingerprint density at radius 3 is 1.05 bits per heavy atom. The Labute approximate surface area is 254 Å². The van der Waals surface area contributed by atoms with Crippen LogP contribution in [0.5, 0.6) is 0 Å².